The van der Waals surface area contributed by atoms with Gasteiger partial charge in [-0.3, -0.25) is 0 Å². The molecule has 1 unspecified atom stereocenters. The minimum Gasteiger partial charge on any atom is -0.468 e. The van der Waals surface area contributed by atoms with Crippen LogP contribution in [-0.2, 0) is 14.3 Å². The summed E-state index contributed by atoms with van der Waals surface area (Å²) >= 11 is 0. The van der Waals surface area contributed by atoms with Crippen molar-refractivity contribution < 1.29 is 14.3 Å². The molecule has 0 fully saturated rings. The maximum absolute atomic E-state index is 11.7. The van der Waals surface area contributed by atoms with Gasteiger partial charge in [-0.2, -0.15) is 5.26 Å². The number of carbonyl (C=O) groups excluding carboxylic acids is 2. The molecule has 0 rings (SSSR count). The minimum absolute atomic E-state index is 0.142. The van der Waals surface area contributed by atoms with Gasteiger partial charge in [0.2, 0.25) is 0 Å². The molecule has 1 atom stereocenters. The number of carbonyl (C=O) groups is 2. The summed E-state index contributed by atoms with van der Waals surface area (Å²) in [6.45, 7) is 5.88. The van der Waals surface area contributed by atoms with Gasteiger partial charge in [0.25, 0.3) is 0 Å². The quantitative estimate of drug-likeness (QED) is 0.418. The third kappa shape index (κ3) is 4.81. The van der Waals surface area contributed by atoms with Crippen molar-refractivity contribution in [2.45, 2.75) is 33.6 Å². The van der Waals surface area contributed by atoms with Crippen molar-refractivity contribution in [2.75, 3.05) is 7.11 Å². The number of esters is 1. The number of allylic oxidation sites excluding steroid dienone is 1. The third-order valence-electron chi connectivity index (χ3n) is 2.27. The van der Waals surface area contributed by atoms with Crippen LogP contribution in [0.4, 0.5) is 0 Å². The highest BCUT2D eigenvalue weighted by Gasteiger charge is 2.37. The van der Waals surface area contributed by atoms with Crippen LogP contribution in [0.15, 0.2) is 12.2 Å². The van der Waals surface area contributed by atoms with Gasteiger partial charge < -0.3 is 9.53 Å². The maximum atomic E-state index is 11.7. The molecule has 0 spiro atoms. The predicted octanol–water partition coefficient (Wildman–Crippen LogP) is 2.25. The Hall–Kier alpha value is -1.63. The van der Waals surface area contributed by atoms with Gasteiger partial charge in [0, 0.05) is 6.42 Å². The molecular weight excluding hydrogens is 218 g/mol. The number of aldehydes is 1. The van der Waals surface area contributed by atoms with E-state index in [4.69, 9.17) is 0 Å². The van der Waals surface area contributed by atoms with Crippen LogP contribution in [-0.4, -0.2) is 19.4 Å². The average molecular weight is 237 g/mol. The molecule has 94 valence electrons. The first-order chi connectivity index (χ1) is 7.81. The van der Waals surface area contributed by atoms with Crippen molar-refractivity contribution in [3.8, 4) is 6.07 Å². The van der Waals surface area contributed by atoms with Crippen LogP contribution >= 0.6 is 0 Å². The van der Waals surface area contributed by atoms with E-state index < -0.39 is 11.4 Å². The van der Waals surface area contributed by atoms with Crippen LogP contribution in [0.3, 0.4) is 0 Å². The minimum atomic E-state index is -1.36. The lowest BCUT2D eigenvalue weighted by Gasteiger charge is -2.21. The fraction of sp³-hybridized carbons (Fsp3) is 0.615. The monoisotopic (exact) mass is 237 g/mol. The van der Waals surface area contributed by atoms with Gasteiger partial charge in [-0.25, -0.2) is 4.79 Å². The number of nitrogens with zero attached hydrogens (tertiary/aromatic N) is 1. The molecule has 0 aliphatic rings. The van der Waals surface area contributed by atoms with E-state index in [2.05, 4.69) is 4.74 Å². The smallest absolute Gasteiger partial charge is 0.330 e. The summed E-state index contributed by atoms with van der Waals surface area (Å²) in [4.78, 5) is 22.1. The van der Waals surface area contributed by atoms with Gasteiger partial charge in [0.1, 0.15) is 6.29 Å². The molecule has 0 radical (unpaired) electrons. The van der Waals surface area contributed by atoms with Gasteiger partial charge in [0.15, 0.2) is 5.41 Å². The second kappa shape index (κ2) is 6.19. The lowest BCUT2D eigenvalue weighted by molar-refractivity contribution is -0.147. The van der Waals surface area contributed by atoms with E-state index >= 15 is 0 Å². The Balaban J connectivity index is 5.21. The van der Waals surface area contributed by atoms with Crippen LogP contribution in [0, 0.1) is 22.2 Å². The fourth-order valence-corrected chi connectivity index (χ4v) is 1.25. The number of ether oxygens (including phenoxy) is 1. The molecular formula is C13H19NO3. The van der Waals surface area contributed by atoms with Gasteiger partial charge >= 0.3 is 5.97 Å². The number of methoxy groups -OCH3 is 1. The second-order valence-corrected chi connectivity index (χ2v) is 4.98. The summed E-state index contributed by atoms with van der Waals surface area (Å²) in [7, 11) is 1.24. The maximum Gasteiger partial charge on any atom is 0.330 e. The van der Waals surface area contributed by atoms with Gasteiger partial charge in [0.05, 0.1) is 13.2 Å². The molecule has 0 saturated heterocycles. The van der Waals surface area contributed by atoms with Crippen molar-refractivity contribution in [1.82, 2.24) is 0 Å². The van der Waals surface area contributed by atoms with Crippen LogP contribution < -0.4 is 0 Å². The predicted molar refractivity (Wildman–Crippen MR) is 64.0 cm³/mol. The fourth-order valence-electron chi connectivity index (χ4n) is 1.25. The van der Waals surface area contributed by atoms with E-state index in [0.717, 1.165) is 0 Å². The van der Waals surface area contributed by atoms with Crippen LogP contribution in [0.1, 0.15) is 33.6 Å². The zero-order chi connectivity index (χ0) is 13.5. The first-order valence-electron chi connectivity index (χ1n) is 5.45. The Bertz CT molecular complexity index is 347. The van der Waals surface area contributed by atoms with E-state index in [1.807, 2.05) is 26.8 Å². The van der Waals surface area contributed by atoms with Crippen LogP contribution in [0.25, 0.3) is 0 Å². The van der Waals surface area contributed by atoms with Crippen molar-refractivity contribution >= 4 is 12.3 Å². The standard InChI is InChI=1S/C13H19NO3/c1-12(2,3)7-8-13(10-14,6-5-9-15)11(16)17-4/h7-9H,5-6H2,1-4H3/b8-7+. The normalized spacial score (nSPS) is 15.0. The Labute approximate surface area is 102 Å². The van der Waals surface area contributed by atoms with E-state index in [1.165, 1.54) is 7.11 Å². The van der Waals surface area contributed by atoms with Gasteiger partial charge in [-0.15, -0.1) is 0 Å². The summed E-state index contributed by atoms with van der Waals surface area (Å²) < 4.78 is 4.64. The molecule has 0 aromatic rings. The zero-order valence-corrected chi connectivity index (χ0v) is 10.8. The molecule has 0 aromatic heterocycles. The van der Waals surface area contributed by atoms with E-state index in [0.29, 0.717) is 6.29 Å². The highest BCUT2D eigenvalue weighted by molar-refractivity contribution is 5.82. The third-order valence-corrected chi connectivity index (χ3v) is 2.27. The molecule has 0 saturated carbocycles. The van der Waals surface area contributed by atoms with Crippen molar-refractivity contribution in [3.05, 3.63) is 12.2 Å². The van der Waals surface area contributed by atoms with Crippen molar-refractivity contribution in [1.29, 1.82) is 5.26 Å². The Morgan fingerprint density at radius 3 is 2.29 bits per heavy atom. The number of rotatable bonds is 5. The van der Waals surface area contributed by atoms with E-state index in [1.54, 1.807) is 12.2 Å². The van der Waals surface area contributed by atoms with E-state index in [-0.39, 0.29) is 18.3 Å². The lowest BCUT2D eigenvalue weighted by Crippen LogP contribution is -2.29. The molecule has 17 heavy (non-hydrogen) atoms. The molecule has 0 N–H and O–H groups in total. The Morgan fingerprint density at radius 2 is 1.94 bits per heavy atom. The van der Waals surface area contributed by atoms with Crippen LogP contribution in [0.2, 0.25) is 0 Å². The SMILES string of the molecule is COC(=O)C(C#N)(/C=C/C(C)(C)C)CCC=O. The number of hydrogen-bond acceptors (Lipinski definition) is 4. The van der Waals surface area contributed by atoms with Gasteiger partial charge in [-0.05, 0) is 11.8 Å². The summed E-state index contributed by atoms with van der Waals surface area (Å²) in [6, 6.07) is 1.95. The number of nitriles is 1. The molecule has 0 heterocycles. The molecule has 0 amide bonds. The largest absolute Gasteiger partial charge is 0.468 e. The van der Waals surface area contributed by atoms with Crippen molar-refractivity contribution in [3.63, 3.8) is 0 Å². The first kappa shape index (κ1) is 15.4. The number of hydrogen-bond donors (Lipinski definition) is 0. The average Bonchev–Trinajstić information content (AvgIpc) is 2.28. The molecule has 0 aromatic carbocycles. The molecule has 0 aliphatic heterocycles. The van der Waals surface area contributed by atoms with Crippen molar-refractivity contribution in [2.24, 2.45) is 10.8 Å². The second-order valence-electron chi connectivity index (χ2n) is 4.98. The Kier molecular flexibility index (Phi) is 5.60. The molecule has 4 heteroatoms. The summed E-state index contributed by atoms with van der Waals surface area (Å²) in [5.74, 6) is -0.623. The van der Waals surface area contributed by atoms with Crippen LogP contribution in [0.5, 0.6) is 0 Å². The molecule has 4 nitrogen and oxygen atoms in total. The topological polar surface area (TPSA) is 67.2 Å². The summed E-state index contributed by atoms with van der Waals surface area (Å²) in [5, 5.41) is 9.18. The highest BCUT2D eigenvalue weighted by atomic mass is 16.5. The zero-order valence-electron chi connectivity index (χ0n) is 10.8. The highest BCUT2D eigenvalue weighted by Crippen LogP contribution is 2.29. The molecule has 0 aliphatic carbocycles. The lowest BCUT2D eigenvalue weighted by atomic mass is 9.82. The van der Waals surface area contributed by atoms with Gasteiger partial charge in [-0.1, -0.05) is 32.9 Å². The van der Waals surface area contributed by atoms with E-state index in [9.17, 15) is 14.9 Å². The Morgan fingerprint density at radius 1 is 1.35 bits per heavy atom. The summed E-state index contributed by atoms with van der Waals surface area (Å²) in [6.07, 6.45) is 4.32. The summed E-state index contributed by atoms with van der Waals surface area (Å²) in [5.41, 5.74) is -1.50. The molecule has 0 bridgehead atoms. The first-order valence-corrected chi connectivity index (χ1v) is 5.45.